The quantitative estimate of drug-likeness (QED) is 0.301. The molecule has 2 aliphatic heterocycles. The van der Waals surface area contributed by atoms with Gasteiger partial charge >= 0.3 is 6.18 Å². The summed E-state index contributed by atoms with van der Waals surface area (Å²) in [7, 11) is -3.44. The molecule has 0 spiro atoms. The van der Waals surface area contributed by atoms with Crippen molar-refractivity contribution in [3.8, 4) is 0 Å². The van der Waals surface area contributed by atoms with E-state index < -0.39 is 45.6 Å². The molecule has 15 heteroatoms. The molecule has 2 fully saturated rings. The SMILES string of the molecule is N[C@H](C(=O)Nc1cccc(F)c1CC[C@H]1CN[C@@H]2CCCS(=O)(=O)N1C2)[C@@H](c1ccc(Cl)cc1)c1nc(C(F)(F)F)cs1. The summed E-state index contributed by atoms with van der Waals surface area (Å²) >= 11 is 6.73. The Morgan fingerprint density at radius 3 is 2.67 bits per heavy atom. The second-order valence-corrected chi connectivity index (χ2v) is 14.1. The number of carbonyl (C=O) groups excluding carboxylic acids is 1. The number of sulfonamides is 1. The van der Waals surface area contributed by atoms with Crippen LogP contribution in [-0.2, 0) is 27.4 Å². The van der Waals surface area contributed by atoms with Crippen LogP contribution >= 0.6 is 22.9 Å². The zero-order valence-electron chi connectivity index (χ0n) is 22.8. The van der Waals surface area contributed by atoms with E-state index in [0.29, 0.717) is 36.5 Å². The van der Waals surface area contributed by atoms with E-state index in [2.05, 4.69) is 15.6 Å². The lowest BCUT2D eigenvalue weighted by molar-refractivity contribution is -0.140. The summed E-state index contributed by atoms with van der Waals surface area (Å²) in [6.45, 7) is 0.795. The smallest absolute Gasteiger partial charge is 0.324 e. The highest BCUT2D eigenvalue weighted by atomic mass is 35.5. The largest absolute Gasteiger partial charge is 0.434 e. The Kier molecular flexibility index (Phi) is 9.45. The van der Waals surface area contributed by atoms with Crippen molar-refractivity contribution in [3.63, 3.8) is 0 Å². The van der Waals surface area contributed by atoms with Gasteiger partial charge in [-0.2, -0.15) is 17.5 Å². The number of alkyl halides is 3. The Hall–Kier alpha value is -2.62. The van der Waals surface area contributed by atoms with Gasteiger partial charge in [-0.15, -0.1) is 11.3 Å². The molecule has 232 valence electrons. The summed E-state index contributed by atoms with van der Waals surface area (Å²) in [5.74, 6) is -2.33. The second-order valence-electron chi connectivity index (χ2n) is 10.7. The third-order valence-electron chi connectivity index (χ3n) is 7.84. The number of anilines is 1. The van der Waals surface area contributed by atoms with Crippen LogP contribution in [0.4, 0.5) is 23.2 Å². The Morgan fingerprint density at radius 1 is 1.23 bits per heavy atom. The van der Waals surface area contributed by atoms with Crippen molar-refractivity contribution in [1.29, 1.82) is 0 Å². The monoisotopic (exact) mass is 659 g/mol. The van der Waals surface area contributed by atoms with Crippen LogP contribution in [0.15, 0.2) is 47.8 Å². The lowest BCUT2D eigenvalue weighted by Gasteiger charge is -2.37. The normalized spacial score (nSPS) is 23.3. The molecule has 0 aliphatic carbocycles. The van der Waals surface area contributed by atoms with Crippen LogP contribution < -0.4 is 16.4 Å². The van der Waals surface area contributed by atoms with Crippen LogP contribution in [0.25, 0.3) is 0 Å². The molecular formula is C28H30ClF4N5O3S2. The van der Waals surface area contributed by atoms with E-state index in [1.54, 1.807) is 12.1 Å². The number of nitrogens with zero attached hydrogens (tertiary/aromatic N) is 2. The van der Waals surface area contributed by atoms with Crippen molar-refractivity contribution in [2.75, 3.05) is 24.2 Å². The minimum Gasteiger partial charge on any atom is -0.324 e. The highest BCUT2D eigenvalue weighted by molar-refractivity contribution is 7.89. The first-order valence-corrected chi connectivity index (χ1v) is 16.5. The van der Waals surface area contributed by atoms with Gasteiger partial charge in [-0.3, -0.25) is 4.79 Å². The number of hydrogen-bond donors (Lipinski definition) is 3. The molecule has 4 N–H and O–H groups in total. The first-order chi connectivity index (χ1) is 20.3. The summed E-state index contributed by atoms with van der Waals surface area (Å²) in [5.41, 5.74) is 6.02. The van der Waals surface area contributed by atoms with E-state index in [1.165, 1.54) is 34.6 Å². The number of nitrogens with two attached hydrogens (primary N) is 1. The maximum atomic E-state index is 15.1. The second kappa shape index (κ2) is 12.8. The van der Waals surface area contributed by atoms with Gasteiger partial charge < -0.3 is 16.4 Å². The molecule has 0 saturated carbocycles. The van der Waals surface area contributed by atoms with Crippen LogP contribution in [0.5, 0.6) is 0 Å². The van der Waals surface area contributed by atoms with Crippen LogP contribution in [0, 0.1) is 5.82 Å². The average molecular weight is 660 g/mol. The predicted molar refractivity (Wildman–Crippen MR) is 157 cm³/mol. The fraction of sp³-hybridized carbons (Fsp3) is 0.429. The lowest BCUT2D eigenvalue weighted by atomic mass is 9.91. The highest BCUT2D eigenvalue weighted by Gasteiger charge is 2.39. The van der Waals surface area contributed by atoms with E-state index in [0.717, 1.165) is 23.1 Å². The van der Waals surface area contributed by atoms with Crippen LogP contribution in [-0.4, -0.2) is 60.6 Å². The molecule has 1 amide bonds. The minimum absolute atomic E-state index is 0.0153. The number of halogens is 5. The number of nitrogens with one attached hydrogen (secondary N) is 2. The van der Waals surface area contributed by atoms with Gasteiger partial charge in [-0.1, -0.05) is 29.8 Å². The Balaban J connectivity index is 1.37. The van der Waals surface area contributed by atoms with Gasteiger partial charge in [0.05, 0.1) is 17.7 Å². The fourth-order valence-electron chi connectivity index (χ4n) is 5.59. The number of carbonyl (C=O) groups is 1. The molecule has 43 heavy (non-hydrogen) atoms. The van der Waals surface area contributed by atoms with Crippen molar-refractivity contribution >= 4 is 44.6 Å². The Morgan fingerprint density at radius 2 is 1.98 bits per heavy atom. The zero-order valence-corrected chi connectivity index (χ0v) is 25.2. The fourth-order valence-corrected chi connectivity index (χ4v) is 8.52. The average Bonchev–Trinajstić information content (AvgIpc) is 3.41. The van der Waals surface area contributed by atoms with Crippen molar-refractivity contribution in [2.24, 2.45) is 5.73 Å². The zero-order chi connectivity index (χ0) is 30.9. The van der Waals surface area contributed by atoms with Crippen molar-refractivity contribution < 1.29 is 30.8 Å². The third kappa shape index (κ3) is 7.21. The van der Waals surface area contributed by atoms with E-state index in [4.69, 9.17) is 17.3 Å². The number of amides is 1. The molecule has 2 bridgehead atoms. The van der Waals surface area contributed by atoms with Crippen molar-refractivity contribution in [2.45, 2.75) is 55.9 Å². The number of hydrogen-bond acceptors (Lipinski definition) is 7. The number of fused-ring (bicyclic) bond motifs is 2. The molecule has 3 heterocycles. The van der Waals surface area contributed by atoms with Gasteiger partial charge in [0.15, 0.2) is 5.69 Å². The first kappa shape index (κ1) is 31.8. The molecule has 2 aliphatic rings. The molecule has 5 rings (SSSR count). The summed E-state index contributed by atoms with van der Waals surface area (Å²) < 4.78 is 82.3. The van der Waals surface area contributed by atoms with Gasteiger partial charge in [0.1, 0.15) is 10.8 Å². The molecular weight excluding hydrogens is 630 g/mol. The number of rotatable bonds is 8. The molecule has 3 aromatic rings. The predicted octanol–water partition coefficient (Wildman–Crippen LogP) is 4.75. The Bertz CT molecular complexity index is 1570. The summed E-state index contributed by atoms with van der Waals surface area (Å²) in [6, 6.07) is 8.64. The van der Waals surface area contributed by atoms with Crippen molar-refractivity contribution in [3.05, 3.63) is 80.5 Å². The molecule has 5 atom stereocenters. The van der Waals surface area contributed by atoms with Gasteiger partial charge in [0.25, 0.3) is 0 Å². The van der Waals surface area contributed by atoms with E-state index in [-0.39, 0.29) is 40.5 Å². The number of benzene rings is 2. The van der Waals surface area contributed by atoms with Crippen LogP contribution in [0.3, 0.4) is 0 Å². The van der Waals surface area contributed by atoms with E-state index in [9.17, 15) is 26.4 Å². The number of aromatic nitrogens is 1. The number of piperazine rings is 1. The van der Waals surface area contributed by atoms with E-state index in [1.807, 2.05) is 0 Å². The van der Waals surface area contributed by atoms with Crippen LogP contribution in [0.2, 0.25) is 5.02 Å². The molecule has 2 aromatic carbocycles. The maximum Gasteiger partial charge on any atom is 0.434 e. The molecule has 8 nitrogen and oxygen atoms in total. The van der Waals surface area contributed by atoms with E-state index >= 15 is 4.39 Å². The molecule has 1 aromatic heterocycles. The standard InChI is InChI=1S/C28H30ClF4N5O3S2/c29-17-8-6-16(7-9-17)24(27-37-23(15-42-27)28(31,32)33)25(34)26(39)36-22-5-1-4-21(30)20(22)11-10-19-13-35-18-3-2-12-43(40,41)38(19)14-18/h1,4-9,15,18-19,24-25,35H,2-3,10-14,34H2,(H,36,39)/t18-,19+,24-,25+/m1/s1. The topological polar surface area (TPSA) is 117 Å². The van der Waals surface area contributed by atoms with Gasteiger partial charge in [-0.05, 0) is 55.5 Å². The summed E-state index contributed by atoms with van der Waals surface area (Å²) in [5, 5.41) is 7.27. The maximum absolute atomic E-state index is 15.1. The molecule has 0 radical (unpaired) electrons. The molecule has 1 unspecified atom stereocenters. The summed E-state index contributed by atoms with van der Waals surface area (Å²) in [4.78, 5) is 17.2. The number of thiazole rings is 1. The Labute approximate surface area is 255 Å². The lowest BCUT2D eigenvalue weighted by Crippen LogP contribution is -2.57. The third-order valence-corrected chi connectivity index (χ3v) is 11.0. The van der Waals surface area contributed by atoms with Crippen molar-refractivity contribution in [1.82, 2.24) is 14.6 Å². The van der Waals surface area contributed by atoms with Crippen LogP contribution in [0.1, 0.15) is 47.0 Å². The van der Waals surface area contributed by atoms with Gasteiger partial charge in [-0.25, -0.2) is 17.8 Å². The molecule has 2 saturated heterocycles. The summed E-state index contributed by atoms with van der Waals surface area (Å²) in [6.07, 6.45) is -2.90. The highest BCUT2D eigenvalue weighted by Crippen LogP contribution is 2.36. The first-order valence-electron chi connectivity index (χ1n) is 13.7. The minimum atomic E-state index is -4.68. The van der Waals surface area contributed by atoms with Gasteiger partial charge in [0, 0.05) is 46.8 Å². The van der Waals surface area contributed by atoms with Gasteiger partial charge in [0.2, 0.25) is 15.9 Å².